The van der Waals surface area contributed by atoms with E-state index in [9.17, 15) is 36.3 Å². The summed E-state index contributed by atoms with van der Waals surface area (Å²) in [5.74, 6) is -6.41. The van der Waals surface area contributed by atoms with Gasteiger partial charge in [0.1, 0.15) is 6.04 Å². The summed E-state index contributed by atoms with van der Waals surface area (Å²) >= 11 is 0. The molecule has 6 nitrogen and oxygen atoms in total. The van der Waals surface area contributed by atoms with Gasteiger partial charge in [0.15, 0.2) is 11.6 Å². The lowest BCUT2D eigenvalue weighted by Gasteiger charge is -2.31. The van der Waals surface area contributed by atoms with Crippen LogP contribution in [0.3, 0.4) is 0 Å². The molecule has 0 spiro atoms. The van der Waals surface area contributed by atoms with Gasteiger partial charge in [-0.25, -0.2) is 8.78 Å². The summed E-state index contributed by atoms with van der Waals surface area (Å²) < 4.78 is 65.2. The molecule has 0 saturated carbocycles. The largest absolute Gasteiger partial charge is 0.480 e. The summed E-state index contributed by atoms with van der Waals surface area (Å²) in [4.78, 5) is 36.3. The average Bonchev–Trinajstić information content (AvgIpc) is 2.67. The van der Waals surface area contributed by atoms with E-state index in [2.05, 4.69) is 5.32 Å². The molecular formula is C19H19F5N2O4. The van der Waals surface area contributed by atoms with Crippen molar-refractivity contribution in [3.8, 4) is 0 Å². The van der Waals surface area contributed by atoms with Gasteiger partial charge in [0.25, 0.3) is 0 Å². The zero-order chi connectivity index (χ0) is 22.6. The van der Waals surface area contributed by atoms with E-state index in [4.69, 9.17) is 5.11 Å². The molecule has 1 fully saturated rings. The van der Waals surface area contributed by atoms with Crippen LogP contribution in [-0.4, -0.2) is 46.9 Å². The van der Waals surface area contributed by atoms with Crippen LogP contribution in [-0.2, 0) is 20.6 Å². The molecule has 1 aliphatic heterocycles. The van der Waals surface area contributed by atoms with Crippen LogP contribution in [0.1, 0.15) is 30.9 Å². The van der Waals surface area contributed by atoms with Gasteiger partial charge in [-0.3, -0.25) is 14.4 Å². The molecule has 1 atom stereocenters. The van der Waals surface area contributed by atoms with Crippen LogP contribution in [0.4, 0.5) is 22.0 Å². The molecule has 2 amide bonds. The number of hydrogen-bond donors (Lipinski definition) is 2. The van der Waals surface area contributed by atoms with Crippen molar-refractivity contribution in [1.82, 2.24) is 10.2 Å². The maximum absolute atomic E-state index is 13.8. The molecule has 1 unspecified atom stereocenters. The molecule has 1 saturated heterocycles. The number of rotatable bonds is 5. The minimum atomic E-state index is -5.04. The van der Waals surface area contributed by atoms with Crippen molar-refractivity contribution < 1.29 is 41.4 Å². The van der Waals surface area contributed by atoms with Gasteiger partial charge in [-0.2, -0.15) is 13.2 Å². The monoisotopic (exact) mass is 434 g/mol. The standard InChI is InChI=1S/C19H19F5N2O4/c1-10(18(29)30)25-17(28)12-6-8-26(9-7-12)14(27)5-3-11-2-4-13(19(22,23)24)16(21)15(11)20/h2-5,10,12H,6-9H2,1H3,(H,25,28)(H,29,30)/b5-3+. The highest BCUT2D eigenvalue weighted by Gasteiger charge is 2.35. The SMILES string of the molecule is CC(NC(=O)C1CCN(C(=O)/C=C/c2ccc(C(F)(F)F)c(F)c2F)CC1)C(=O)O. The third-order valence-electron chi connectivity index (χ3n) is 4.73. The van der Waals surface area contributed by atoms with E-state index >= 15 is 0 Å². The lowest BCUT2D eigenvalue weighted by atomic mass is 9.95. The Bertz CT molecular complexity index is 861. The lowest BCUT2D eigenvalue weighted by Crippen LogP contribution is -2.46. The highest BCUT2D eigenvalue weighted by Crippen LogP contribution is 2.33. The van der Waals surface area contributed by atoms with Gasteiger partial charge >= 0.3 is 12.1 Å². The van der Waals surface area contributed by atoms with Gasteiger partial charge in [-0.1, -0.05) is 6.07 Å². The van der Waals surface area contributed by atoms with Crippen molar-refractivity contribution in [3.05, 3.63) is 41.0 Å². The summed E-state index contributed by atoms with van der Waals surface area (Å²) in [5, 5.41) is 11.2. The molecule has 0 aliphatic carbocycles. The van der Waals surface area contributed by atoms with E-state index in [0.717, 1.165) is 18.2 Å². The molecule has 0 bridgehead atoms. The van der Waals surface area contributed by atoms with Crippen LogP contribution >= 0.6 is 0 Å². The van der Waals surface area contributed by atoms with E-state index < -0.39 is 58.7 Å². The normalized spacial score (nSPS) is 16.5. The Hall–Kier alpha value is -2.98. The smallest absolute Gasteiger partial charge is 0.419 e. The number of carbonyl (C=O) groups excluding carboxylic acids is 2. The Labute approximate surface area is 168 Å². The van der Waals surface area contributed by atoms with Crippen molar-refractivity contribution in [2.24, 2.45) is 5.92 Å². The first-order valence-corrected chi connectivity index (χ1v) is 8.97. The molecule has 1 aromatic carbocycles. The number of carboxylic acid groups (broad SMARTS) is 1. The highest BCUT2D eigenvalue weighted by atomic mass is 19.4. The second-order valence-electron chi connectivity index (χ2n) is 6.83. The Morgan fingerprint density at radius 1 is 1.17 bits per heavy atom. The van der Waals surface area contributed by atoms with Crippen LogP contribution in [0.5, 0.6) is 0 Å². The second-order valence-corrected chi connectivity index (χ2v) is 6.83. The zero-order valence-electron chi connectivity index (χ0n) is 15.8. The maximum Gasteiger partial charge on any atom is 0.419 e. The van der Waals surface area contributed by atoms with Gasteiger partial charge < -0.3 is 15.3 Å². The number of likely N-dealkylation sites (tertiary alicyclic amines) is 1. The zero-order valence-corrected chi connectivity index (χ0v) is 15.8. The first-order chi connectivity index (χ1) is 13.9. The van der Waals surface area contributed by atoms with Gasteiger partial charge in [0.2, 0.25) is 11.8 Å². The first kappa shape index (κ1) is 23.3. The minimum absolute atomic E-state index is 0.173. The fourth-order valence-electron chi connectivity index (χ4n) is 2.93. The summed E-state index contributed by atoms with van der Waals surface area (Å²) in [6, 6.07) is 0.0785. The topological polar surface area (TPSA) is 86.7 Å². The van der Waals surface area contributed by atoms with Gasteiger partial charge in [-0.15, -0.1) is 0 Å². The van der Waals surface area contributed by atoms with Crippen molar-refractivity contribution in [2.45, 2.75) is 32.0 Å². The molecule has 2 rings (SSSR count). The number of carbonyl (C=O) groups is 3. The van der Waals surface area contributed by atoms with Crippen molar-refractivity contribution in [1.29, 1.82) is 0 Å². The van der Waals surface area contributed by atoms with E-state index in [1.165, 1.54) is 11.8 Å². The van der Waals surface area contributed by atoms with Crippen LogP contribution in [0, 0.1) is 17.6 Å². The van der Waals surface area contributed by atoms with Crippen LogP contribution in [0.15, 0.2) is 18.2 Å². The second kappa shape index (κ2) is 9.23. The van der Waals surface area contributed by atoms with Crippen LogP contribution in [0.2, 0.25) is 0 Å². The number of amides is 2. The molecule has 2 N–H and O–H groups in total. The van der Waals surface area contributed by atoms with E-state index in [0.29, 0.717) is 6.07 Å². The summed E-state index contributed by atoms with van der Waals surface area (Å²) in [5.41, 5.74) is -2.24. The van der Waals surface area contributed by atoms with E-state index in [-0.39, 0.29) is 25.9 Å². The van der Waals surface area contributed by atoms with Crippen molar-refractivity contribution >= 4 is 23.9 Å². The number of benzene rings is 1. The summed E-state index contributed by atoms with van der Waals surface area (Å²) in [6.45, 7) is 1.67. The number of nitrogens with zero attached hydrogens (tertiary/aromatic N) is 1. The van der Waals surface area contributed by atoms with Crippen molar-refractivity contribution in [2.75, 3.05) is 13.1 Å². The number of halogens is 5. The molecule has 164 valence electrons. The average molecular weight is 434 g/mol. The third kappa shape index (κ3) is 5.55. The van der Waals surface area contributed by atoms with E-state index in [1.54, 1.807) is 0 Å². The fourth-order valence-corrected chi connectivity index (χ4v) is 2.93. The number of hydrogen-bond acceptors (Lipinski definition) is 3. The quantitative estimate of drug-likeness (QED) is 0.551. The Morgan fingerprint density at radius 3 is 2.30 bits per heavy atom. The molecule has 0 radical (unpaired) electrons. The molecule has 30 heavy (non-hydrogen) atoms. The number of aliphatic carboxylic acids is 1. The molecular weight excluding hydrogens is 415 g/mol. The molecule has 0 aromatic heterocycles. The molecule has 1 aliphatic rings. The van der Waals surface area contributed by atoms with Gasteiger partial charge in [-0.05, 0) is 31.9 Å². The lowest BCUT2D eigenvalue weighted by molar-refractivity contribution is -0.142. The molecule has 11 heteroatoms. The Morgan fingerprint density at radius 2 is 1.77 bits per heavy atom. The van der Waals surface area contributed by atoms with E-state index in [1.807, 2.05) is 0 Å². The maximum atomic E-state index is 13.8. The van der Waals surface area contributed by atoms with Gasteiger partial charge in [0.05, 0.1) is 5.56 Å². The Kier molecular flexibility index (Phi) is 7.16. The summed E-state index contributed by atoms with van der Waals surface area (Å²) in [7, 11) is 0. The first-order valence-electron chi connectivity index (χ1n) is 8.97. The number of nitrogens with one attached hydrogen (secondary N) is 1. The van der Waals surface area contributed by atoms with Crippen molar-refractivity contribution in [3.63, 3.8) is 0 Å². The Balaban J connectivity index is 1.97. The summed E-state index contributed by atoms with van der Waals surface area (Å²) in [6.07, 6.45) is -2.68. The predicted octanol–water partition coefficient (Wildman–Crippen LogP) is 2.82. The molecule has 1 aromatic rings. The number of piperidine rings is 1. The minimum Gasteiger partial charge on any atom is -0.480 e. The van der Waals surface area contributed by atoms with Gasteiger partial charge in [0, 0.05) is 30.6 Å². The van der Waals surface area contributed by atoms with Crippen LogP contribution in [0.25, 0.3) is 6.08 Å². The third-order valence-corrected chi connectivity index (χ3v) is 4.73. The highest BCUT2D eigenvalue weighted by molar-refractivity contribution is 5.92. The predicted molar refractivity (Wildman–Crippen MR) is 94.9 cm³/mol. The van der Waals surface area contributed by atoms with Crippen LogP contribution < -0.4 is 5.32 Å². The molecule has 1 heterocycles. The number of alkyl halides is 3. The number of carboxylic acids is 1. The fraction of sp³-hybridized carbons (Fsp3) is 0.421.